The molecule has 0 bridgehead atoms. The molecule has 6 aliphatic carbocycles. The van der Waals surface area contributed by atoms with E-state index in [4.69, 9.17) is 63.2 Å². The number of halogens is 21. The fourth-order valence-corrected chi connectivity index (χ4v) is 21.1. The summed E-state index contributed by atoms with van der Waals surface area (Å²) in [5, 5.41) is 2.16. The molecule has 137 heavy (non-hydrogen) atoms. The summed E-state index contributed by atoms with van der Waals surface area (Å²) in [4.78, 5) is 12.5. The number of hydrogen-bond acceptors (Lipinski definition) is 12. The van der Waals surface area contributed by atoms with Crippen LogP contribution in [0.2, 0.25) is 15.1 Å². The Hall–Kier alpha value is -5.55. The van der Waals surface area contributed by atoms with Crippen molar-refractivity contribution in [3.05, 3.63) is 209 Å². The van der Waals surface area contributed by atoms with Crippen molar-refractivity contribution >= 4 is 34.8 Å². The Labute approximate surface area is 816 Å². The molecule has 6 fully saturated rings. The van der Waals surface area contributed by atoms with E-state index in [2.05, 4.69) is 42.6 Å². The lowest BCUT2D eigenvalue weighted by Crippen LogP contribution is -2.45. The first-order valence-electron chi connectivity index (χ1n) is 47.4. The Bertz CT molecular complexity index is 4620. The highest BCUT2D eigenvalue weighted by molar-refractivity contribution is 6.33. The van der Waals surface area contributed by atoms with Crippen molar-refractivity contribution in [3.63, 3.8) is 0 Å². The summed E-state index contributed by atoms with van der Waals surface area (Å²) in [6.07, 6.45) is -3.06. The summed E-state index contributed by atoms with van der Waals surface area (Å²) in [6, 6.07) is 23.9. The minimum absolute atomic E-state index is 0.0186. The van der Waals surface area contributed by atoms with Gasteiger partial charge in [0.1, 0.15) is 23.3 Å². The van der Waals surface area contributed by atoms with Gasteiger partial charge in [-0.1, -0.05) is 59.1 Å². The van der Waals surface area contributed by atoms with E-state index >= 15 is 0 Å². The van der Waals surface area contributed by atoms with Gasteiger partial charge < -0.3 is 57.8 Å². The van der Waals surface area contributed by atoms with Crippen molar-refractivity contribution in [2.24, 2.45) is 0 Å². The zero-order valence-electron chi connectivity index (χ0n) is 83.4. The minimum atomic E-state index is -4.67. The normalized spacial score (nSPS) is 26.0. The van der Waals surface area contributed by atoms with Gasteiger partial charge in [0.15, 0.2) is 0 Å². The Morgan fingerprint density at radius 3 is 1.00 bits per heavy atom. The molecule has 0 aliphatic heterocycles. The van der Waals surface area contributed by atoms with Crippen molar-refractivity contribution in [1.29, 1.82) is 0 Å². The Kier molecular flexibility index (Phi) is 45.2. The van der Waals surface area contributed by atoms with Gasteiger partial charge in [0, 0.05) is 78.0 Å². The van der Waals surface area contributed by atoms with E-state index in [1.807, 2.05) is 145 Å². The van der Waals surface area contributed by atoms with Crippen LogP contribution in [0, 0.1) is 23.3 Å². The second kappa shape index (κ2) is 52.3. The first kappa shape index (κ1) is 118. The number of benzene rings is 6. The molecule has 6 aromatic carbocycles. The maximum Gasteiger partial charge on any atom is 0.419 e. The zero-order chi connectivity index (χ0) is 103. The molecule has 0 amide bonds. The molecule has 6 aliphatic rings. The predicted molar refractivity (Wildman–Crippen MR) is 509 cm³/mol. The molecule has 0 heterocycles. The van der Waals surface area contributed by atoms with Crippen molar-refractivity contribution in [2.45, 2.75) is 341 Å². The smallest absolute Gasteiger partial charge is 0.380 e. The first-order valence-corrected chi connectivity index (χ1v) is 48.5. The van der Waals surface area contributed by atoms with Gasteiger partial charge in [-0.15, -0.1) is 0 Å². The predicted octanol–water partition coefficient (Wildman–Crippen LogP) is 28.2. The maximum absolute atomic E-state index is 14.4. The van der Waals surface area contributed by atoms with Crippen LogP contribution in [0.15, 0.2) is 109 Å². The van der Waals surface area contributed by atoms with E-state index in [1.54, 1.807) is 26.4 Å². The van der Waals surface area contributed by atoms with E-state index in [-0.39, 0.29) is 131 Å². The maximum atomic E-state index is 14.4. The second-order valence-corrected chi connectivity index (χ2v) is 41.2. The van der Waals surface area contributed by atoms with Crippen molar-refractivity contribution in [1.82, 2.24) is 29.4 Å². The van der Waals surface area contributed by atoms with Crippen LogP contribution >= 0.6 is 34.8 Å². The summed E-state index contributed by atoms with van der Waals surface area (Å²) >= 11 is 18.8. The molecule has 18 atom stereocenters. The number of hydrogen-bond donors (Lipinski definition) is 0. The molecule has 12 rings (SSSR count). The quantitative estimate of drug-likeness (QED) is 0.0574. The molecule has 0 spiro atoms. The highest BCUT2D eigenvalue weighted by Gasteiger charge is 2.45. The third-order valence-corrected chi connectivity index (χ3v) is 28.2. The van der Waals surface area contributed by atoms with Crippen molar-refractivity contribution < 1.29 is 107 Å². The Balaban J connectivity index is 0.000000224. The van der Waals surface area contributed by atoms with Gasteiger partial charge in [0.05, 0.1) is 83.3 Å². The SMILES string of the molecule is CC(C)O[C@H]1CC[C@H](c2cc(C(F)(F)F)ccc2F)C[C@@H]1N(C)C.CC(C)O[C@H]1CC[C@H](c2cc(Cl)ccc2Cl)C[C@@H]1N(C)C.CC(C)O[C@H]1CC[C@H](c2ccc(F)c(C(F)(F)F)c2)C[C@@H]1N(C)C.CC(C)O[C@H]1CC[C@H](c2cccc(C(F)(F)F)c2F)C[C@@H]1N(C)C.CO[C@H]1CC[C@H](c2cc(C(C)(F)F)ccc2Cl)C[C@@H]1N(C)C.CO[C@H]1CC[C@H](c2cc(F)cc(C(F)(F)F)c2)C[C@@H]1N(C)C. The second-order valence-electron chi connectivity index (χ2n) is 39.9. The number of methoxy groups -OCH3 is 2. The molecule has 0 saturated heterocycles. The number of likely N-dealkylation sites (N-methyl/N-ethyl adjacent to an activating group) is 6. The fourth-order valence-electron chi connectivity index (χ4n) is 20.4. The average Bonchev–Trinajstić information content (AvgIpc) is 0.814. The molecule has 0 radical (unpaired) electrons. The largest absolute Gasteiger partial charge is 0.419 e. The number of nitrogens with zero attached hydrogens (tertiary/aromatic N) is 6. The molecule has 0 unspecified atom stereocenters. The highest BCUT2D eigenvalue weighted by atomic mass is 35.5. The molecule has 0 aromatic heterocycles. The monoisotopic (exact) mass is 2020 g/mol. The van der Waals surface area contributed by atoms with Crippen LogP contribution < -0.4 is 0 Å². The molecule has 0 N–H and O–H groups in total. The number of alkyl halides is 14. The minimum Gasteiger partial charge on any atom is -0.380 e. The van der Waals surface area contributed by atoms with Crippen molar-refractivity contribution in [2.75, 3.05) is 98.8 Å². The summed E-state index contributed by atoms with van der Waals surface area (Å²) in [6.45, 7) is 16.9. The molecule has 33 heteroatoms. The van der Waals surface area contributed by atoms with Crippen LogP contribution in [0.25, 0.3) is 0 Å². The van der Waals surface area contributed by atoms with E-state index in [1.165, 1.54) is 35.9 Å². The summed E-state index contributed by atoms with van der Waals surface area (Å²) in [5.41, 5.74) is -0.711. The third kappa shape index (κ3) is 34.9. The summed E-state index contributed by atoms with van der Waals surface area (Å²) in [5.74, 6) is -6.51. The molecule has 774 valence electrons. The summed E-state index contributed by atoms with van der Waals surface area (Å²) in [7, 11) is 27.1. The van der Waals surface area contributed by atoms with Gasteiger partial charge in [-0.05, 0) is 409 Å². The average molecular weight is 2020 g/mol. The van der Waals surface area contributed by atoms with Gasteiger partial charge in [0.2, 0.25) is 0 Å². The van der Waals surface area contributed by atoms with Crippen molar-refractivity contribution in [3.8, 4) is 0 Å². The van der Waals surface area contributed by atoms with Gasteiger partial charge in [0.25, 0.3) is 5.92 Å². The fraction of sp³-hybridized carbons (Fsp3) is 0.654. The van der Waals surface area contributed by atoms with Gasteiger partial charge in [-0.2, -0.15) is 52.7 Å². The summed E-state index contributed by atoms with van der Waals surface area (Å²) < 4.78 is 273. The Morgan fingerprint density at radius 1 is 0.299 bits per heavy atom. The number of rotatable bonds is 23. The van der Waals surface area contributed by atoms with Crippen LogP contribution in [0.5, 0.6) is 0 Å². The Morgan fingerprint density at radius 2 is 0.628 bits per heavy atom. The third-order valence-electron chi connectivity index (χ3n) is 27.3. The standard InChI is InChI=1S/3C18H25F4NO.C17H25Cl2NO.C17H24ClF2NO.C16H21F4NO/c1-11(2)24-17-8-5-12(9-16(17)23(3)4)14-10-13(18(20,21)22)6-7-15(14)19;1-11(2)24-17-8-6-13(10-16(17)23(3)4)12-5-7-15(19)14(9-12)18(20,21)22;1-11(2)24-16-9-8-12(10-15(16)23(3)4)13-6-5-7-14(17(13)19)18(20,21)22;1-11(2)21-17-8-5-12(9-16(17)20(3)4)14-10-13(18)6-7-15(14)19;1-17(19,20)12-6-7-14(18)13(10-12)11-5-8-16(22-4)15(9-11)21(2)3;1-21(2)14-8-10(4-5-15(14)22-3)11-6-12(16(18,19)20)9-13(17)7-11/h6-7,10-12,16-17H,5,8-9H2,1-4H3;5,7,9,11,13,16-17H,6,8,10H2,1-4H3;5-7,11-12,15-16H,8-10H2,1-4H3;6-7,10-12,16-17H,5,8-9H2,1-4H3;6-7,10-11,15-16H,5,8-9H2,1-4H3;6-7,9-10,14-15H,4-5,8H2,1-3H3/t12-,16-,17-;13-,16-,17-;12-,15-,16-;12-,16-,17-;11-,15-,16-;10-,14-,15-/m000000/s1. The first-order chi connectivity index (χ1) is 63.6. The van der Waals surface area contributed by atoms with Crippen LogP contribution in [0.4, 0.5) is 79.0 Å². The molecular weight excluding hydrogens is 1880 g/mol. The lowest BCUT2D eigenvalue weighted by atomic mass is 9.78. The van der Waals surface area contributed by atoms with Crippen LogP contribution in [-0.2, 0) is 59.0 Å². The van der Waals surface area contributed by atoms with Gasteiger partial charge >= 0.3 is 24.7 Å². The van der Waals surface area contributed by atoms with E-state index in [0.29, 0.717) is 98.1 Å². The topological polar surface area (TPSA) is 74.8 Å². The van der Waals surface area contributed by atoms with E-state index in [0.717, 1.165) is 123 Å². The van der Waals surface area contributed by atoms with E-state index < -0.39 is 76.2 Å². The van der Waals surface area contributed by atoms with E-state index in [9.17, 15) is 79.0 Å². The molecule has 6 saturated carbocycles. The number of ether oxygens (including phenoxy) is 6. The van der Waals surface area contributed by atoms with Crippen LogP contribution in [-0.4, -0.2) is 225 Å². The highest BCUT2D eigenvalue weighted by Crippen LogP contribution is 2.49. The molecular formula is C104H145Cl3F18N6O6. The lowest BCUT2D eigenvalue weighted by molar-refractivity contribution is -0.141. The van der Waals surface area contributed by atoms with Crippen LogP contribution in [0.1, 0.15) is 275 Å². The van der Waals surface area contributed by atoms with Crippen LogP contribution in [0.3, 0.4) is 0 Å². The van der Waals surface area contributed by atoms with Gasteiger partial charge in [-0.3, -0.25) is 0 Å². The lowest BCUT2D eigenvalue weighted by Gasteiger charge is -2.40. The molecule has 12 nitrogen and oxygen atoms in total. The molecule has 6 aromatic rings. The van der Waals surface area contributed by atoms with Gasteiger partial charge in [-0.25, -0.2) is 26.3 Å². The zero-order valence-corrected chi connectivity index (χ0v) is 85.7.